The Labute approximate surface area is 120 Å². The van der Waals surface area contributed by atoms with Crippen molar-refractivity contribution in [2.24, 2.45) is 5.41 Å². The molecule has 3 N–H and O–H groups in total. The molecular formula is C14H27N3O3. The molecule has 1 atom stereocenters. The topological polar surface area (TPSA) is 81.7 Å². The van der Waals surface area contributed by atoms with Crippen molar-refractivity contribution in [3.63, 3.8) is 0 Å². The van der Waals surface area contributed by atoms with Crippen LogP contribution in [0.4, 0.5) is 4.79 Å². The number of aliphatic carboxylic acids is 1. The first-order chi connectivity index (χ1) is 9.30. The van der Waals surface area contributed by atoms with Gasteiger partial charge in [-0.2, -0.15) is 0 Å². The fraction of sp³-hybridized carbons (Fsp3) is 0.857. The summed E-state index contributed by atoms with van der Waals surface area (Å²) in [5.41, 5.74) is -0.518. The molecule has 1 aliphatic heterocycles. The summed E-state index contributed by atoms with van der Waals surface area (Å²) in [5.74, 6) is -1.01. The van der Waals surface area contributed by atoms with Crippen molar-refractivity contribution in [3.8, 4) is 0 Å². The number of carboxylic acid groups (broad SMARTS) is 1. The van der Waals surface area contributed by atoms with Gasteiger partial charge in [0.15, 0.2) is 0 Å². The molecule has 2 amide bonds. The van der Waals surface area contributed by atoms with Gasteiger partial charge in [-0.3, -0.25) is 0 Å². The van der Waals surface area contributed by atoms with E-state index < -0.39 is 23.5 Å². The van der Waals surface area contributed by atoms with Crippen molar-refractivity contribution in [1.29, 1.82) is 0 Å². The van der Waals surface area contributed by atoms with Gasteiger partial charge in [-0.15, -0.1) is 0 Å². The number of hydrogen-bond donors (Lipinski definition) is 3. The predicted octanol–water partition coefficient (Wildman–Crippen LogP) is 1.27. The van der Waals surface area contributed by atoms with Gasteiger partial charge in [0.25, 0.3) is 0 Å². The Morgan fingerprint density at radius 1 is 1.20 bits per heavy atom. The molecule has 0 aliphatic carbocycles. The van der Waals surface area contributed by atoms with E-state index in [9.17, 15) is 9.59 Å². The summed E-state index contributed by atoms with van der Waals surface area (Å²) in [6.45, 7) is 8.91. The Kier molecular flexibility index (Phi) is 6.26. The molecular weight excluding hydrogens is 258 g/mol. The lowest BCUT2D eigenvalue weighted by atomic mass is 9.87. The molecule has 0 unspecified atom stereocenters. The van der Waals surface area contributed by atoms with Crippen molar-refractivity contribution in [2.45, 2.75) is 46.1 Å². The van der Waals surface area contributed by atoms with Gasteiger partial charge in [0.2, 0.25) is 0 Å². The largest absolute Gasteiger partial charge is 0.480 e. The van der Waals surface area contributed by atoms with Crippen LogP contribution in [0.3, 0.4) is 0 Å². The van der Waals surface area contributed by atoms with Gasteiger partial charge in [0.1, 0.15) is 6.04 Å². The zero-order valence-corrected chi connectivity index (χ0v) is 12.7. The second-order valence-corrected chi connectivity index (χ2v) is 6.44. The van der Waals surface area contributed by atoms with E-state index in [0.29, 0.717) is 6.54 Å². The molecule has 20 heavy (non-hydrogen) atoms. The second kappa shape index (κ2) is 7.47. The van der Waals surface area contributed by atoms with E-state index in [1.807, 2.05) is 0 Å². The van der Waals surface area contributed by atoms with Gasteiger partial charge in [0.05, 0.1) is 0 Å². The lowest BCUT2D eigenvalue weighted by molar-refractivity contribution is -0.141. The maximum Gasteiger partial charge on any atom is 0.326 e. The number of carboxylic acids is 1. The van der Waals surface area contributed by atoms with Crippen molar-refractivity contribution >= 4 is 12.0 Å². The highest BCUT2D eigenvalue weighted by atomic mass is 16.4. The Morgan fingerprint density at radius 2 is 1.80 bits per heavy atom. The van der Waals surface area contributed by atoms with E-state index in [1.54, 1.807) is 20.8 Å². The average molecular weight is 285 g/mol. The maximum atomic E-state index is 11.7. The van der Waals surface area contributed by atoms with Crippen LogP contribution in [-0.4, -0.2) is 54.2 Å². The third kappa shape index (κ3) is 5.77. The van der Waals surface area contributed by atoms with E-state index in [2.05, 4.69) is 15.5 Å². The highest BCUT2D eigenvalue weighted by Crippen LogP contribution is 2.19. The molecule has 1 rings (SSSR count). The fourth-order valence-corrected chi connectivity index (χ4v) is 2.34. The smallest absolute Gasteiger partial charge is 0.326 e. The molecule has 0 aromatic heterocycles. The summed E-state index contributed by atoms with van der Waals surface area (Å²) in [6.07, 6.45) is 3.73. The van der Waals surface area contributed by atoms with Crippen molar-refractivity contribution in [2.75, 3.05) is 26.2 Å². The molecule has 1 fully saturated rings. The molecule has 1 aliphatic rings. The zero-order valence-electron chi connectivity index (χ0n) is 12.7. The van der Waals surface area contributed by atoms with Gasteiger partial charge in [-0.1, -0.05) is 27.2 Å². The summed E-state index contributed by atoms with van der Waals surface area (Å²) >= 11 is 0. The minimum Gasteiger partial charge on any atom is -0.480 e. The fourth-order valence-electron chi connectivity index (χ4n) is 2.34. The lowest BCUT2D eigenvalue weighted by Gasteiger charge is -2.28. The standard InChI is InChI=1S/C14H27N3O3/c1-14(2,3)11(12(18)19)16-13(20)15-7-10-17-8-5-4-6-9-17/h11H,4-10H2,1-3H3,(H,18,19)(H2,15,16,20)/t11-/m0/s1. The number of rotatable bonds is 5. The number of carbonyl (C=O) groups excluding carboxylic acids is 1. The van der Waals surface area contributed by atoms with Crippen LogP contribution >= 0.6 is 0 Å². The molecule has 0 aromatic carbocycles. The highest BCUT2D eigenvalue weighted by Gasteiger charge is 2.32. The third-order valence-electron chi connectivity index (χ3n) is 3.55. The minimum atomic E-state index is -1.01. The molecule has 116 valence electrons. The van der Waals surface area contributed by atoms with Crippen LogP contribution in [-0.2, 0) is 4.79 Å². The normalized spacial score (nSPS) is 18.4. The minimum absolute atomic E-state index is 0.413. The quantitative estimate of drug-likeness (QED) is 0.710. The summed E-state index contributed by atoms with van der Waals surface area (Å²) in [7, 11) is 0. The molecule has 1 heterocycles. The monoisotopic (exact) mass is 285 g/mol. The Hall–Kier alpha value is -1.30. The van der Waals surface area contributed by atoms with Crippen LogP contribution in [0, 0.1) is 5.41 Å². The molecule has 0 saturated carbocycles. The van der Waals surface area contributed by atoms with Crippen LogP contribution in [0.25, 0.3) is 0 Å². The number of carbonyl (C=O) groups is 2. The van der Waals surface area contributed by atoms with E-state index in [1.165, 1.54) is 19.3 Å². The van der Waals surface area contributed by atoms with Gasteiger partial charge in [0, 0.05) is 13.1 Å². The van der Waals surface area contributed by atoms with Crippen LogP contribution in [0.1, 0.15) is 40.0 Å². The average Bonchev–Trinajstić information content (AvgIpc) is 2.35. The van der Waals surface area contributed by atoms with Crippen LogP contribution < -0.4 is 10.6 Å². The Morgan fingerprint density at radius 3 is 2.30 bits per heavy atom. The SMILES string of the molecule is CC(C)(C)[C@@H](NC(=O)NCCN1CCCCC1)C(=O)O. The van der Waals surface area contributed by atoms with Crippen LogP contribution in [0.15, 0.2) is 0 Å². The summed E-state index contributed by atoms with van der Waals surface area (Å²) in [5, 5.41) is 14.4. The van der Waals surface area contributed by atoms with E-state index in [0.717, 1.165) is 19.6 Å². The van der Waals surface area contributed by atoms with Crippen LogP contribution in [0.2, 0.25) is 0 Å². The Balaban J connectivity index is 2.29. The number of amides is 2. The summed E-state index contributed by atoms with van der Waals surface area (Å²) < 4.78 is 0. The number of piperidine rings is 1. The molecule has 6 heteroatoms. The second-order valence-electron chi connectivity index (χ2n) is 6.44. The summed E-state index contributed by atoms with van der Waals surface area (Å²) in [6, 6.07) is -1.30. The van der Waals surface area contributed by atoms with E-state index in [4.69, 9.17) is 5.11 Å². The third-order valence-corrected chi connectivity index (χ3v) is 3.55. The molecule has 1 saturated heterocycles. The predicted molar refractivity (Wildman–Crippen MR) is 77.7 cm³/mol. The van der Waals surface area contributed by atoms with Gasteiger partial charge in [-0.25, -0.2) is 9.59 Å². The number of hydrogen-bond acceptors (Lipinski definition) is 3. The van der Waals surface area contributed by atoms with E-state index in [-0.39, 0.29) is 0 Å². The summed E-state index contributed by atoms with van der Waals surface area (Å²) in [4.78, 5) is 25.2. The first-order valence-electron chi connectivity index (χ1n) is 7.30. The van der Waals surface area contributed by atoms with Gasteiger partial charge >= 0.3 is 12.0 Å². The van der Waals surface area contributed by atoms with E-state index >= 15 is 0 Å². The van der Waals surface area contributed by atoms with Gasteiger partial charge < -0.3 is 20.6 Å². The van der Waals surface area contributed by atoms with Crippen LogP contribution in [0.5, 0.6) is 0 Å². The number of urea groups is 1. The van der Waals surface area contributed by atoms with Crippen molar-refractivity contribution in [1.82, 2.24) is 15.5 Å². The van der Waals surface area contributed by atoms with Crippen molar-refractivity contribution in [3.05, 3.63) is 0 Å². The highest BCUT2D eigenvalue weighted by molar-refractivity contribution is 5.83. The first kappa shape index (κ1) is 16.8. The molecule has 0 bridgehead atoms. The zero-order chi connectivity index (χ0) is 15.2. The number of nitrogens with zero attached hydrogens (tertiary/aromatic N) is 1. The maximum absolute atomic E-state index is 11.7. The molecule has 0 aromatic rings. The molecule has 0 spiro atoms. The number of nitrogens with one attached hydrogen (secondary N) is 2. The molecule has 6 nitrogen and oxygen atoms in total. The van der Waals surface area contributed by atoms with Gasteiger partial charge in [-0.05, 0) is 31.3 Å². The van der Waals surface area contributed by atoms with Crippen molar-refractivity contribution < 1.29 is 14.7 Å². The molecule has 0 radical (unpaired) electrons. The number of likely N-dealkylation sites (tertiary alicyclic amines) is 1. The Bertz CT molecular complexity index is 333. The lowest BCUT2D eigenvalue weighted by Crippen LogP contribution is -2.53. The first-order valence-corrected chi connectivity index (χ1v) is 7.30.